The van der Waals surface area contributed by atoms with Gasteiger partial charge < -0.3 is 5.32 Å². The van der Waals surface area contributed by atoms with E-state index in [-0.39, 0.29) is 23.8 Å². The smallest absolute Gasteiger partial charge is 0.254 e. The fourth-order valence-corrected chi connectivity index (χ4v) is 2.50. The third kappa shape index (κ3) is 4.22. The maximum absolute atomic E-state index is 13.0. The molecule has 0 aliphatic heterocycles. The van der Waals surface area contributed by atoms with Gasteiger partial charge in [-0.25, -0.2) is 9.37 Å². The Morgan fingerprint density at radius 3 is 2.42 bits per heavy atom. The molecule has 1 heterocycles. The van der Waals surface area contributed by atoms with Gasteiger partial charge in [0.2, 0.25) is 5.91 Å². The Labute approximate surface area is 150 Å². The molecular weight excluding hydrogens is 333 g/mol. The van der Waals surface area contributed by atoms with Crippen LogP contribution in [0, 0.1) is 5.82 Å². The zero-order chi connectivity index (χ0) is 18.5. The lowest BCUT2D eigenvalue weighted by atomic mass is 10.1. The highest BCUT2D eigenvalue weighted by atomic mass is 19.1. The van der Waals surface area contributed by atoms with Gasteiger partial charge in [-0.2, -0.15) is 0 Å². The lowest BCUT2D eigenvalue weighted by molar-refractivity contribution is -0.116. The van der Waals surface area contributed by atoms with Crippen LogP contribution in [-0.2, 0) is 17.8 Å². The zero-order valence-electron chi connectivity index (χ0n) is 14.3. The van der Waals surface area contributed by atoms with Gasteiger partial charge in [-0.3, -0.25) is 14.2 Å². The molecule has 0 aliphatic rings. The van der Waals surface area contributed by atoms with Crippen molar-refractivity contribution >= 4 is 11.6 Å². The Morgan fingerprint density at radius 1 is 1.12 bits per heavy atom. The largest absolute Gasteiger partial charge is 0.325 e. The summed E-state index contributed by atoms with van der Waals surface area (Å²) in [6.45, 7) is 1.92. The maximum atomic E-state index is 13.0. The number of aryl methyl sites for hydroxylation is 1. The SMILES string of the molecule is CCc1ccc(NC(=O)Cn2cnc(-c3ccc(F)cc3)cc2=O)cc1. The summed E-state index contributed by atoms with van der Waals surface area (Å²) in [4.78, 5) is 28.5. The molecule has 0 saturated carbocycles. The second kappa shape index (κ2) is 7.74. The third-order valence-corrected chi connectivity index (χ3v) is 3.98. The van der Waals surface area contributed by atoms with Crippen molar-refractivity contribution in [2.45, 2.75) is 19.9 Å². The Balaban J connectivity index is 1.70. The topological polar surface area (TPSA) is 64.0 Å². The van der Waals surface area contributed by atoms with E-state index >= 15 is 0 Å². The number of carbonyl (C=O) groups is 1. The first-order valence-electron chi connectivity index (χ1n) is 8.26. The number of rotatable bonds is 5. The highest BCUT2D eigenvalue weighted by molar-refractivity contribution is 5.90. The molecular formula is C20H18FN3O2. The number of hydrogen-bond acceptors (Lipinski definition) is 3. The van der Waals surface area contributed by atoms with Gasteiger partial charge in [0.1, 0.15) is 12.4 Å². The number of carbonyl (C=O) groups excluding carboxylic acids is 1. The first-order chi connectivity index (χ1) is 12.5. The van der Waals surface area contributed by atoms with Gasteiger partial charge in [0.25, 0.3) is 5.56 Å². The third-order valence-electron chi connectivity index (χ3n) is 3.98. The van der Waals surface area contributed by atoms with Crippen molar-refractivity contribution < 1.29 is 9.18 Å². The van der Waals surface area contributed by atoms with Crippen molar-refractivity contribution in [3.05, 3.63) is 82.7 Å². The Kier molecular flexibility index (Phi) is 5.22. The fraction of sp³-hybridized carbons (Fsp3) is 0.150. The first kappa shape index (κ1) is 17.5. The van der Waals surface area contributed by atoms with Crippen LogP contribution in [0.3, 0.4) is 0 Å². The Hall–Kier alpha value is -3.28. The molecule has 26 heavy (non-hydrogen) atoms. The van der Waals surface area contributed by atoms with Gasteiger partial charge in [-0.15, -0.1) is 0 Å². The maximum Gasteiger partial charge on any atom is 0.254 e. The van der Waals surface area contributed by atoms with E-state index in [1.807, 2.05) is 24.3 Å². The molecule has 2 aromatic carbocycles. The van der Waals surface area contributed by atoms with Gasteiger partial charge in [0.05, 0.1) is 12.0 Å². The zero-order valence-corrected chi connectivity index (χ0v) is 14.3. The van der Waals surface area contributed by atoms with E-state index in [0.717, 1.165) is 6.42 Å². The van der Waals surface area contributed by atoms with Crippen LogP contribution in [0.25, 0.3) is 11.3 Å². The number of halogens is 1. The van der Waals surface area contributed by atoms with Crippen molar-refractivity contribution in [3.8, 4) is 11.3 Å². The van der Waals surface area contributed by atoms with Gasteiger partial charge >= 0.3 is 0 Å². The van der Waals surface area contributed by atoms with E-state index in [9.17, 15) is 14.0 Å². The van der Waals surface area contributed by atoms with Crippen LogP contribution in [0.15, 0.2) is 65.7 Å². The van der Waals surface area contributed by atoms with E-state index in [1.54, 1.807) is 12.1 Å². The van der Waals surface area contributed by atoms with Crippen LogP contribution in [0.1, 0.15) is 12.5 Å². The summed E-state index contributed by atoms with van der Waals surface area (Å²) < 4.78 is 14.2. The number of anilines is 1. The van der Waals surface area contributed by atoms with Crippen LogP contribution in [0.5, 0.6) is 0 Å². The van der Waals surface area contributed by atoms with Crippen molar-refractivity contribution in [3.63, 3.8) is 0 Å². The minimum Gasteiger partial charge on any atom is -0.325 e. The molecule has 3 aromatic rings. The molecule has 5 nitrogen and oxygen atoms in total. The molecule has 0 saturated heterocycles. The molecule has 0 atom stereocenters. The number of aromatic nitrogens is 2. The van der Waals surface area contributed by atoms with Gasteiger partial charge in [0.15, 0.2) is 0 Å². The molecule has 1 amide bonds. The summed E-state index contributed by atoms with van der Waals surface area (Å²) in [5.74, 6) is -0.668. The highest BCUT2D eigenvalue weighted by Crippen LogP contribution is 2.15. The lowest BCUT2D eigenvalue weighted by Crippen LogP contribution is -2.27. The minimum atomic E-state index is -0.356. The van der Waals surface area contributed by atoms with Crippen LogP contribution < -0.4 is 10.9 Å². The van der Waals surface area contributed by atoms with Crippen LogP contribution in [-0.4, -0.2) is 15.5 Å². The Bertz CT molecular complexity index is 964. The van der Waals surface area contributed by atoms with E-state index in [2.05, 4.69) is 17.2 Å². The van der Waals surface area contributed by atoms with E-state index < -0.39 is 0 Å². The van der Waals surface area contributed by atoms with Crippen molar-refractivity contribution in [1.29, 1.82) is 0 Å². The van der Waals surface area contributed by atoms with Crippen molar-refractivity contribution in [1.82, 2.24) is 9.55 Å². The van der Waals surface area contributed by atoms with Crippen molar-refractivity contribution in [2.24, 2.45) is 0 Å². The monoisotopic (exact) mass is 351 g/mol. The van der Waals surface area contributed by atoms with Crippen molar-refractivity contribution in [2.75, 3.05) is 5.32 Å². The normalized spacial score (nSPS) is 10.5. The second-order valence-corrected chi connectivity index (χ2v) is 5.85. The summed E-state index contributed by atoms with van der Waals surface area (Å²) in [5.41, 5.74) is 2.57. The predicted molar refractivity (Wildman–Crippen MR) is 98.3 cm³/mol. The summed E-state index contributed by atoms with van der Waals surface area (Å²) in [6, 6.07) is 14.6. The van der Waals surface area contributed by atoms with E-state index in [0.29, 0.717) is 16.9 Å². The summed E-state index contributed by atoms with van der Waals surface area (Å²) in [7, 11) is 0. The van der Waals surface area contributed by atoms with Crippen LogP contribution in [0.4, 0.5) is 10.1 Å². The molecule has 0 bridgehead atoms. The molecule has 1 aromatic heterocycles. The number of nitrogens with one attached hydrogen (secondary N) is 1. The molecule has 0 unspecified atom stereocenters. The molecule has 0 radical (unpaired) electrons. The molecule has 0 fully saturated rings. The molecule has 1 N–H and O–H groups in total. The van der Waals surface area contributed by atoms with Gasteiger partial charge in [-0.1, -0.05) is 19.1 Å². The average molecular weight is 351 g/mol. The highest BCUT2D eigenvalue weighted by Gasteiger charge is 2.08. The molecule has 132 valence electrons. The summed E-state index contributed by atoms with van der Waals surface area (Å²) in [5, 5.41) is 2.75. The first-order valence-corrected chi connectivity index (χ1v) is 8.26. The fourth-order valence-electron chi connectivity index (χ4n) is 2.50. The number of nitrogens with zero attached hydrogens (tertiary/aromatic N) is 2. The number of benzene rings is 2. The standard InChI is InChI=1S/C20H18FN3O2/c1-2-14-3-9-17(10-4-14)23-19(25)12-24-13-22-18(11-20(24)26)15-5-7-16(21)8-6-15/h3-11,13H,2,12H2,1H3,(H,23,25). The van der Waals surface area contributed by atoms with E-state index in [4.69, 9.17) is 0 Å². The lowest BCUT2D eigenvalue weighted by Gasteiger charge is -2.08. The number of amides is 1. The quantitative estimate of drug-likeness (QED) is 0.767. The van der Waals surface area contributed by atoms with Gasteiger partial charge in [0, 0.05) is 17.3 Å². The average Bonchev–Trinajstić information content (AvgIpc) is 2.64. The minimum absolute atomic E-state index is 0.134. The van der Waals surface area contributed by atoms with Gasteiger partial charge in [-0.05, 0) is 48.4 Å². The summed E-state index contributed by atoms with van der Waals surface area (Å²) in [6.07, 6.45) is 2.25. The molecule has 3 rings (SSSR count). The number of hydrogen-bond donors (Lipinski definition) is 1. The van der Waals surface area contributed by atoms with Crippen LogP contribution >= 0.6 is 0 Å². The Morgan fingerprint density at radius 2 is 1.81 bits per heavy atom. The molecule has 6 heteroatoms. The van der Waals surface area contributed by atoms with E-state index in [1.165, 1.54) is 34.7 Å². The molecule has 0 aliphatic carbocycles. The van der Waals surface area contributed by atoms with Crippen LogP contribution in [0.2, 0.25) is 0 Å². The molecule has 0 spiro atoms. The second-order valence-electron chi connectivity index (χ2n) is 5.85. The predicted octanol–water partition coefficient (Wildman–Crippen LogP) is 3.25. The summed E-state index contributed by atoms with van der Waals surface area (Å²) >= 11 is 0.